The van der Waals surface area contributed by atoms with E-state index in [-0.39, 0.29) is 12.4 Å². The second-order valence-electron chi connectivity index (χ2n) is 4.07. The van der Waals surface area contributed by atoms with Crippen molar-refractivity contribution in [2.24, 2.45) is 0 Å². The number of esters is 1. The second-order valence-corrected chi connectivity index (χ2v) is 4.45. The van der Waals surface area contributed by atoms with Crippen LogP contribution in [0.4, 0.5) is 0 Å². The third kappa shape index (κ3) is 5.07. The molecule has 0 fully saturated rings. The van der Waals surface area contributed by atoms with Gasteiger partial charge in [0.15, 0.2) is 0 Å². The van der Waals surface area contributed by atoms with Gasteiger partial charge in [-0.05, 0) is 30.9 Å². The summed E-state index contributed by atoms with van der Waals surface area (Å²) in [5.74, 6) is 0.325. The Balaban J connectivity index is 2.54. The summed E-state index contributed by atoms with van der Waals surface area (Å²) in [7, 11) is 0. The maximum absolute atomic E-state index is 11.3. The van der Waals surface area contributed by atoms with Crippen LogP contribution in [0.2, 0.25) is 0 Å². The molecule has 1 atom stereocenters. The van der Waals surface area contributed by atoms with Crippen LogP contribution in [0.1, 0.15) is 37.0 Å². The van der Waals surface area contributed by atoms with Crippen LogP contribution >= 0.6 is 11.6 Å². The highest BCUT2D eigenvalue weighted by Crippen LogP contribution is 2.19. The molecular formula is C14H19ClO3. The van der Waals surface area contributed by atoms with E-state index in [1.165, 1.54) is 0 Å². The van der Waals surface area contributed by atoms with E-state index in [2.05, 4.69) is 0 Å². The number of carbonyl (C=O) groups excluding carboxylic acids is 1. The van der Waals surface area contributed by atoms with E-state index in [9.17, 15) is 9.90 Å². The largest absolute Gasteiger partial charge is 0.466 e. The molecule has 1 aromatic rings. The highest BCUT2D eigenvalue weighted by Gasteiger charge is 2.08. The molecule has 1 N–H and O–H groups in total. The number of benzene rings is 1. The maximum atomic E-state index is 11.3. The summed E-state index contributed by atoms with van der Waals surface area (Å²) in [5, 5.41) is 9.86. The molecule has 1 unspecified atom stereocenters. The van der Waals surface area contributed by atoms with Crippen LogP contribution in [0, 0.1) is 0 Å². The van der Waals surface area contributed by atoms with Crippen molar-refractivity contribution < 1.29 is 14.6 Å². The first-order chi connectivity index (χ1) is 8.67. The highest BCUT2D eigenvalue weighted by atomic mass is 35.5. The van der Waals surface area contributed by atoms with Crippen LogP contribution < -0.4 is 0 Å². The first kappa shape index (κ1) is 15.0. The van der Waals surface area contributed by atoms with Crippen LogP contribution in [0.5, 0.6) is 0 Å². The van der Waals surface area contributed by atoms with Gasteiger partial charge in [-0.2, -0.15) is 0 Å². The summed E-state index contributed by atoms with van der Waals surface area (Å²) < 4.78 is 4.87. The lowest BCUT2D eigenvalue weighted by atomic mass is 10.0. The Morgan fingerprint density at radius 1 is 1.39 bits per heavy atom. The molecule has 0 aliphatic heterocycles. The van der Waals surface area contributed by atoms with E-state index in [4.69, 9.17) is 16.3 Å². The highest BCUT2D eigenvalue weighted by molar-refractivity contribution is 6.17. The molecule has 0 saturated carbocycles. The van der Waals surface area contributed by atoms with E-state index in [0.717, 1.165) is 17.5 Å². The van der Waals surface area contributed by atoms with E-state index < -0.39 is 6.10 Å². The average molecular weight is 271 g/mol. The zero-order valence-electron chi connectivity index (χ0n) is 10.6. The van der Waals surface area contributed by atoms with Gasteiger partial charge in [-0.15, -0.1) is 11.6 Å². The van der Waals surface area contributed by atoms with E-state index in [1.54, 1.807) is 6.92 Å². The van der Waals surface area contributed by atoms with Gasteiger partial charge in [0.1, 0.15) is 0 Å². The average Bonchev–Trinajstić information content (AvgIpc) is 2.37. The monoisotopic (exact) mass is 270 g/mol. The van der Waals surface area contributed by atoms with Crippen molar-refractivity contribution in [2.45, 2.75) is 32.3 Å². The van der Waals surface area contributed by atoms with Crippen LogP contribution in [-0.2, 0) is 16.0 Å². The summed E-state index contributed by atoms with van der Waals surface area (Å²) in [6.45, 7) is 2.18. The lowest BCUT2D eigenvalue weighted by Crippen LogP contribution is -2.07. The zero-order valence-corrected chi connectivity index (χ0v) is 11.3. The number of hydrogen-bond donors (Lipinski definition) is 1. The number of carbonyl (C=O) groups is 1. The Bertz CT molecular complexity index is 362. The normalized spacial score (nSPS) is 12.2. The molecule has 0 aliphatic carbocycles. The number of aliphatic hydroxyl groups is 1. The summed E-state index contributed by atoms with van der Waals surface area (Å²) in [6, 6.07) is 7.37. The standard InChI is InChI=1S/C14H19ClO3/c1-2-18-14(17)10-11-5-7-12(8-6-11)13(16)4-3-9-15/h5-8,13,16H,2-4,9-10H2,1H3. The number of aliphatic hydroxyl groups excluding tert-OH is 1. The zero-order chi connectivity index (χ0) is 13.4. The number of hydrogen-bond acceptors (Lipinski definition) is 3. The van der Waals surface area contributed by atoms with Crippen LogP contribution in [0.15, 0.2) is 24.3 Å². The van der Waals surface area contributed by atoms with Crippen molar-refractivity contribution in [1.82, 2.24) is 0 Å². The van der Waals surface area contributed by atoms with Gasteiger partial charge in [-0.1, -0.05) is 24.3 Å². The van der Waals surface area contributed by atoms with Gasteiger partial charge < -0.3 is 9.84 Å². The molecule has 100 valence electrons. The minimum absolute atomic E-state index is 0.229. The summed E-state index contributed by atoms with van der Waals surface area (Å²) >= 11 is 5.58. The summed E-state index contributed by atoms with van der Waals surface area (Å²) in [6.07, 6.45) is 1.22. The Morgan fingerprint density at radius 2 is 2.06 bits per heavy atom. The predicted octanol–water partition coefficient (Wildman–Crippen LogP) is 2.84. The molecular weight excluding hydrogens is 252 g/mol. The minimum atomic E-state index is -0.486. The van der Waals surface area contributed by atoms with Crippen LogP contribution in [0.25, 0.3) is 0 Å². The molecule has 0 aromatic heterocycles. The van der Waals surface area contributed by atoms with Gasteiger partial charge in [-0.25, -0.2) is 0 Å². The van der Waals surface area contributed by atoms with Gasteiger partial charge in [0.2, 0.25) is 0 Å². The number of alkyl halides is 1. The Kier molecular flexibility index (Phi) is 6.76. The fourth-order valence-corrected chi connectivity index (χ4v) is 1.83. The quantitative estimate of drug-likeness (QED) is 0.612. The second kappa shape index (κ2) is 8.11. The fraction of sp³-hybridized carbons (Fsp3) is 0.500. The van der Waals surface area contributed by atoms with E-state index >= 15 is 0 Å². The van der Waals surface area contributed by atoms with E-state index in [0.29, 0.717) is 18.9 Å². The van der Waals surface area contributed by atoms with Gasteiger partial charge in [-0.3, -0.25) is 4.79 Å². The topological polar surface area (TPSA) is 46.5 Å². The van der Waals surface area contributed by atoms with Crippen molar-refractivity contribution in [3.05, 3.63) is 35.4 Å². The van der Waals surface area contributed by atoms with Crippen molar-refractivity contribution >= 4 is 17.6 Å². The van der Waals surface area contributed by atoms with Crippen molar-refractivity contribution in [3.8, 4) is 0 Å². The van der Waals surface area contributed by atoms with Crippen LogP contribution in [0.3, 0.4) is 0 Å². The molecule has 0 amide bonds. The molecule has 18 heavy (non-hydrogen) atoms. The van der Waals surface area contributed by atoms with Gasteiger partial charge in [0.05, 0.1) is 19.1 Å². The van der Waals surface area contributed by atoms with Crippen molar-refractivity contribution in [2.75, 3.05) is 12.5 Å². The summed E-state index contributed by atoms with van der Waals surface area (Å²) in [4.78, 5) is 11.3. The molecule has 3 nitrogen and oxygen atoms in total. The van der Waals surface area contributed by atoms with Crippen molar-refractivity contribution in [1.29, 1.82) is 0 Å². The first-order valence-electron chi connectivity index (χ1n) is 6.15. The molecule has 0 heterocycles. The van der Waals surface area contributed by atoms with Gasteiger partial charge >= 0.3 is 5.97 Å². The third-order valence-corrected chi connectivity index (χ3v) is 2.90. The third-order valence-electron chi connectivity index (χ3n) is 2.63. The molecule has 0 aliphatic rings. The molecule has 1 aromatic carbocycles. The smallest absolute Gasteiger partial charge is 0.310 e. The first-order valence-corrected chi connectivity index (χ1v) is 6.69. The molecule has 0 spiro atoms. The molecule has 0 radical (unpaired) electrons. The predicted molar refractivity (Wildman–Crippen MR) is 71.7 cm³/mol. The minimum Gasteiger partial charge on any atom is -0.466 e. The Labute approximate surface area is 113 Å². The molecule has 0 bridgehead atoms. The number of ether oxygens (including phenoxy) is 1. The van der Waals surface area contributed by atoms with Crippen molar-refractivity contribution in [3.63, 3.8) is 0 Å². The number of rotatable bonds is 7. The van der Waals surface area contributed by atoms with Gasteiger partial charge in [0, 0.05) is 5.88 Å². The lowest BCUT2D eigenvalue weighted by Gasteiger charge is -2.10. The fourth-order valence-electron chi connectivity index (χ4n) is 1.67. The summed E-state index contributed by atoms with van der Waals surface area (Å²) in [5.41, 5.74) is 1.74. The lowest BCUT2D eigenvalue weighted by molar-refractivity contribution is -0.142. The SMILES string of the molecule is CCOC(=O)Cc1ccc(C(O)CCCCl)cc1. The maximum Gasteiger partial charge on any atom is 0.310 e. The van der Waals surface area contributed by atoms with Crippen LogP contribution in [-0.4, -0.2) is 23.6 Å². The van der Waals surface area contributed by atoms with Gasteiger partial charge in [0.25, 0.3) is 0 Å². The number of halogens is 1. The molecule has 1 rings (SSSR count). The molecule has 4 heteroatoms. The molecule has 0 saturated heterocycles. The Morgan fingerprint density at radius 3 is 2.61 bits per heavy atom. The van der Waals surface area contributed by atoms with E-state index in [1.807, 2.05) is 24.3 Å². The Hall–Kier alpha value is -1.06.